The molecule has 0 atom stereocenters. The first-order valence-corrected chi connectivity index (χ1v) is 11.8. The second-order valence-corrected chi connectivity index (χ2v) is 8.42. The van der Waals surface area contributed by atoms with Crippen LogP contribution in [0.15, 0.2) is 84.0 Å². The van der Waals surface area contributed by atoms with Crippen LogP contribution < -0.4 is 10.1 Å². The van der Waals surface area contributed by atoms with Gasteiger partial charge in [0.15, 0.2) is 5.16 Å². The fourth-order valence-electron chi connectivity index (χ4n) is 3.42. The van der Waals surface area contributed by atoms with E-state index in [9.17, 15) is 4.79 Å². The van der Waals surface area contributed by atoms with Crippen LogP contribution in [0.25, 0.3) is 5.69 Å². The summed E-state index contributed by atoms with van der Waals surface area (Å²) in [6.07, 6.45) is 1.58. The second-order valence-electron chi connectivity index (χ2n) is 7.48. The van der Waals surface area contributed by atoms with Gasteiger partial charge in [0, 0.05) is 17.8 Å². The van der Waals surface area contributed by atoms with Gasteiger partial charge in [-0.2, -0.15) is 0 Å². The van der Waals surface area contributed by atoms with Gasteiger partial charge in [0.2, 0.25) is 5.91 Å². The monoisotopic (exact) mass is 458 g/mol. The Kier molecular flexibility index (Phi) is 7.42. The highest BCUT2D eigenvalue weighted by Crippen LogP contribution is 2.24. The minimum atomic E-state index is -0.0800. The average Bonchev–Trinajstić information content (AvgIpc) is 3.26. The van der Waals surface area contributed by atoms with Crippen LogP contribution in [-0.4, -0.2) is 33.5 Å². The number of ether oxygens (including phenoxy) is 1. The Morgan fingerprint density at radius 3 is 2.30 bits per heavy atom. The molecule has 0 aliphatic rings. The summed E-state index contributed by atoms with van der Waals surface area (Å²) in [7, 11) is 1.65. The third-order valence-corrected chi connectivity index (χ3v) is 6.14. The molecule has 0 radical (unpaired) electrons. The number of carbonyl (C=O) groups is 1. The van der Waals surface area contributed by atoms with Crippen molar-refractivity contribution in [3.05, 3.63) is 95.8 Å². The van der Waals surface area contributed by atoms with Gasteiger partial charge in [0.1, 0.15) is 11.6 Å². The molecule has 0 saturated carbocycles. The van der Waals surface area contributed by atoms with Gasteiger partial charge in [-0.05, 0) is 53.9 Å². The molecule has 1 heterocycles. The predicted molar refractivity (Wildman–Crippen MR) is 132 cm³/mol. The number of para-hydroxylation sites is 1. The van der Waals surface area contributed by atoms with Gasteiger partial charge in [0.25, 0.3) is 0 Å². The minimum Gasteiger partial charge on any atom is -0.497 e. The first-order valence-electron chi connectivity index (χ1n) is 10.8. The molecule has 0 unspecified atom stereocenters. The Morgan fingerprint density at radius 1 is 0.939 bits per heavy atom. The lowest BCUT2D eigenvalue weighted by atomic mass is 10.1. The van der Waals surface area contributed by atoms with E-state index in [1.807, 2.05) is 83.4 Å². The number of amides is 1. The molecule has 0 aliphatic carbocycles. The van der Waals surface area contributed by atoms with Crippen LogP contribution in [0.2, 0.25) is 0 Å². The number of carbonyl (C=O) groups excluding carboxylic acids is 1. The van der Waals surface area contributed by atoms with E-state index in [0.717, 1.165) is 34.9 Å². The fourth-order valence-corrected chi connectivity index (χ4v) is 4.19. The van der Waals surface area contributed by atoms with Gasteiger partial charge in [-0.25, -0.2) is 0 Å². The van der Waals surface area contributed by atoms with Gasteiger partial charge in [-0.15, -0.1) is 10.2 Å². The number of anilines is 1. The highest BCUT2D eigenvalue weighted by Gasteiger charge is 2.16. The SMILES string of the molecule is CCc1ccc(NC(=O)CSc2nnc(Cc3ccc(OC)cc3)n2-c2ccccc2)cc1. The zero-order chi connectivity index (χ0) is 23.0. The molecular weight excluding hydrogens is 432 g/mol. The predicted octanol–water partition coefficient (Wildman–Crippen LogP) is 5.16. The van der Waals surface area contributed by atoms with E-state index >= 15 is 0 Å². The number of hydrogen-bond donors (Lipinski definition) is 1. The maximum atomic E-state index is 12.5. The number of aryl methyl sites for hydroxylation is 1. The summed E-state index contributed by atoms with van der Waals surface area (Å²) in [6.45, 7) is 2.11. The molecule has 1 aromatic heterocycles. The molecule has 0 fully saturated rings. The van der Waals surface area contributed by atoms with Crippen molar-refractivity contribution in [3.63, 3.8) is 0 Å². The Labute approximate surface area is 198 Å². The van der Waals surface area contributed by atoms with Crippen LogP contribution in [-0.2, 0) is 17.6 Å². The largest absolute Gasteiger partial charge is 0.497 e. The molecule has 4 rings (SSSR count). The van der Waals surface area contributed by atoms with Crippen molar-refractivity contribution in [3.8, 4) is 11.4 Å². The standard InChI is InChI=1S/C26H26N4O2S/c1-3-19-9-13-21(14-10-19)27-25(31)18-33-26-29-28-24(30(26)22-7-5-4-6-8-22)17-20-11-15-23(32-2)16-12-20/h4-16H,3,17-18H2,1-2H3,(H,27,31). The number of benzene rings is 3. The average molecular weight is 459 g/mol. The summed E-state index contributed by atoms with van der Waals surface area (Å²) in [5.41, 5.74) is 4.10. The van der Waals surface area contributed by atoms with Crippen LogP contribution in [0.5, 0.6) is 5.75 Å². The molecule has 0 spiro atoms. The highest BCUT2D eigenvalue weighted by molar-refractivity contribution is 7.99. The quantitative estimate of drug-likeness (QED) is 0.351. The van der Waals surface area contributed by atoms with Gasteiger partial charge in [0.05, 0.1) is 12.9 Å². The summed E-state index contributed by atoms with van der Waals surface area (Å²) in [6, 6.07) is 25.8. The Hall–Kier alpha value is -3.58. The molecule has 0 saturated heterocycles. The number of nitrogens with zero attached hydrogens (tertiary/aromatic N) is 3. The van der Waals surface area contributed by atoms with Crippen LogP contribution in [0, 0.1) is 0 Å². The fraction of sp³-hybridized carbons (Fsp3) is 0.192. The maximum absolute atomic E-state index is 12.5. The van der Waals surface area contributed by atoms with Gasteiger partial charge < -0.3 is 10.1 Å². The van der Waals surface area contributed by atoms with E-state index < -0.39 is 0 Å². The lowest BCUT2D eigenvalue weighted by molar-refractivity contribution is -0.113. The van der Waals surface area contributed by atoms with Crippen molar-refractivity contribution in [2.24, 2.45) is 0 Å². The third-order valence-electron chi connectivity index (χ3n) is 5.21. The number of nitrogens with one attached hydrogen (secondary N) is 1. The second kappa shape index (κ2) is 10.8. The molecule has 6 nitrogen and oxygen atoms in total. The van der Waals surface area contributed by atoms with Crippen molar-refractivity contribution >= 4 is 23.4 Å². The van der Waals surface area contributed by atoms with E-state index in [1.54, 1.807) is 7.11 Å². The molecule has 0 bridgehead atoms. The van der Waals surface area contributed by atoms with Crippen LogP contribution >= 0.6 is 11.8 Å². The van der Waals surface area contributed by atoms with Crippen molar-refractivity contribution in [1.82, 2.24) is 14.8 Å². The Morgan fingerprint density at radius 2 is 1.64 bits per heavy atom. The number of aromatic nitrogens is 3. The lowest BCUT2D eigenvalue weighted by Gasteiger charge is -2.11. The Balaban J connectivity index is 1.50. The maximum Gasteiger partial charge on any atom is 0.234 e. The molecule has 33 heavy (non-hydrogen) atoms. The van der Waals surface area contributed by atoms with Crippen LogP contribution in [0.1, 0.15) is 23.9 Å². The van der Waals surface area contributed by atoms with E-state index in [1.165, 1.54) is 17.3 Å². The van der Waals surface area contributed by atoms with Gasteiger partial charge >= 0.3 is 0 Å². The molecule has 168 valence electrons. The van der Waals surface area contributed by atoms with E-state index in [4.69, 9.17) is 4.74 Å². The van der Waals surface area contributed by atoms with E-state index in [2.05, 4.69) is 22.4 Å². The normalized spacial score (nSPS) is 10.7. The zero-order valence-corrected chi connectivity index (χ0v) is 19.5. The van der Waals surface area contributed by atoms with Gasteiger partial charge in [-0.3, -0.25) is 9.36 Å². The smallest absolute Gasteiger partial charge is 0.234 e. The van der Waals surface area contributed by atoms with E-state index in [-0.39, 0.29) is 11.7 Å². The van der Waals surface area contributed by atoms with Crippen molar-refractivity contribution in [1.29, 1.82) is 0 Å². The Bertz CT molecular complexity index is 1190. The van der Waals surface area contributed by atoms with Crippen LogP contribution in [0.4, 0.5) is 5.69 Å². The first-order chi connectivity index (χ1) is 16.2. The number of thioether (sulfide) groups is 1. The summed E-state index contributed by atoms with van der Waals surface area (Å²) >= 11 is 1.37. The van der Waals surface area contributed by atoms with Crippen molar-refractivity contribution in [2.75, 3.05) is 18.2 Å². The van der Waals surface area contributed by atoms with Crippen LogP contribution in [0.3, 0.4) is 0 Å². The topological polar surface area (TPSA) is 69.0 Å². The van der Waals surface area contributed by atoms with Crippen molar-refractivity contribution in [2.45, 2.75) is 24.9 Å². The molecule has 4 aromatic rings. The number of rotatable bonds is 9. The summed E-state index contributed by atoms with van der Waals surface area (Å²) < 4.78 is 7.26. The summed E-state index contributed by atoms with van der Waals surface area (Å²) in [5, 5.41) is 12.5. The summed E-state index contributed by atoms with van der Waals surface area (Å²) in [4.78, 5) is 12.5. The molecule has 7 heteroatoms. The molecule has 1 amide bonds. The summed E-state index contributed by atoms with van der Waals surface area (Å²) in [5.74, 6) is 1.78. The molecule has 0 aliphatic heterocycles. The highest BCUT2D eigenvalue weighted by atomic mass is 32.2. The van der Waals surface area contributed by atoms with Crippen molar-refractivity contribution < 1.29 is 9.53 Å². The number of hydrogen-bond acceptors (Lipinski definition) is 5. The lowest BCUT2D eigenvalue weighted by Crippen LogP contribution is -2.14. The molecule has 1 N–H and O–H groups in total. The zero-order valence-electron chi connectivity index (χ0n) is 18.7. The molecular formula is C26H26N4O2S. The number of methoxy groups -OCH3 is 1. The molecule has 3 aromatic carbocycles. The first kappa shape index (κ1) is 22.6. The van der Waals surface area contributed by atoms with Gasteiger partial charge in [-0.1, -0.05) is 61.2 Å². The minimum absolute atomic E-state index is 0.0800. The third kappa shape index (κ3) is 5.81. The van der Waals surface area contributed by atoms with E-state index in [0.29, 0.717) is 11.6 Å².